The second kappa shape index (κ2) is 10.6. The first-order valence-corrected chi connectivity index (χ1v) is 11.2. The van der Waals surface area contributed by atoms with E-state index in [1.165, 1.54) is 5.56 Å². The number of nitrogens with zero attached hydrogens (tertiary/aromatic N) is 4. The van der Waals surface area contributed by atoms with E-state index >= 15 is 0 Å². The Morgan fingerprint density at radius 2 is 1.97 bits per heavy atom. The van der Waals surface area contributed by atoms with Crippen molar-refractivity contribution in [2.45, 2.75) is 19.9 Å². The molecule has 166 valence electrons. The molecule has 8 nitrogen and oxygen atoms in total. The number of anilines is 2. The Bertz CT molecular complexity index is 981. The summed E-state index contributed by atoms with van der Waals surface area (Å²) in [7, 11) is 1.85. The highest BCUT2D eigenvalue weighted by molar-refractivity contribution is 5.91. The zero-order valence-electron chi connectivity index (χ0n) is 18.5. The van der Waals surface area contributed by atoms with Crippen LogP contribution in [0.3, 0.4) is 0 Å². The zero-order valence-corrected chi connectivity index (χ0v) is 18.5. The molecule has 3 heterocycles. The molecule has 3 N–H and O–H groups in total. The molecule has 0 saturated carbocycles. The van der Waals surface area contributed by atoms with Crippen LogP contribution < -0.4 is 16.0 Å². The third kappa shape index (κ3) is 5.52. The minimum absolute atomic E-state index is 0.626. The van der Waals surface area contributed by atoms with Gasteiger partial charge in [-0.2, -0.15) is 4.98 Å². The summed E-state index contributed by atoms with van der Waals surface area (Å²) >= 11 is 0. The molecule has 1 saturated heterocycles. The van der Waals surface area contributed by atoms with E-state index in [-0.39, 0.29) is 0 Å². The van der Waals surface area contributed by atoms with E-state index in [4.69, 9.17) is 4.74 Å². The van der Waals surface area contributed by atoms with Crippen molar-refractivity contribution in [3.8, 4) is 5.69 Å². The summed E-state index contributed by atoms with van der Waals surface area (Å²) < 4.78 is 7.56. The Morgan fingerprint density at radius 3 is 2.77 bits per heavy atom. The maximum atomic E-state index is 5.40. The molecule has 8 heteroatoms. The molecule has 0 atom stereocenters. The molecule has 0 radical (unpaired) electrons. The molecule has 1 aliphatic rings. The minimum atomic E-state index is 0.626. The van der Waals surface area contributed by atoms with Crippen molar-refractivity contribution in [3.63, 3.8) is 0 Å². The number of rotatable bonds is 10. The number of hydrogen-bond donors (Lipinski definition) is 3. The van der Waals surface area contributed by atoms with Crippen molar-refractivity contribution in [1.29, 1.82) is 0 Å². The van der Waals surface area contributed by atoms with Gasteiger partial charge in [-0.1, -0.05) is 6.92 Å². The van der Waals surface area contributed by atoms with Crippen molar-refractivity contribution in [1.82, 2.24) is 24.8 Å². The summed E-state index contributed by atoms with van der Waals surface area (Å²) in [5, 5.41) is 11.1. The third-order valence-corrected chi connectivity index (χ3v) is 5.54. The molecular weight excluding hydrogens is 390 g/mol. The van der Waals surface area contributed by atoms with Gasteiger partial charge < -0.3 is 25.3 Å². The lowest BCUT2D eigenvalue weighted by molar-refractivity contribution is 0.0384. The van der Waals surface area contributed by atoms with Crippen LogP contribution in [-0.2, 0) is 11.3 Å². The summed E-state index contributed by atoms with van der Waals surface area (Å²) in [5.41, 5.74) is 3.29. The Kier molecular flexibility index (Phi) is 7.35. The Labute approximate surface area is 184 Å². The lowest BCUT2D eigenvalue weighted by atomic mass is 10.2. The van der Waals surface area contributed by atoms with Crippen molar-refractivity contribution in [3.05, 3.63) is 42.2 Å². The fourth-order valence-corrected chi connectivity index (χ4v) is 3.77. The van der Waals surface area contributed by atoms with Crippen LogP contribution in [0.15, 0.2) is 36.7 Å². The molecular formula is C23H33N7O. The van der Waals surface area contributed by atoms with Crippen molar-refractivity contribution < 1.29 is 4.74 Å². The molecule has 1 aliphatic heterocycles. The highest BCUT2D eigenvalue weighted by Gasteiger charge is 2.10. The Morgan fingerprint density at radius 1 is 1.10 bits per heavy atom. The van der Waals surface area contributed by atoms with Crippen molar-refractivity contribution in [2.75, 3.05) is 63.6 Å². The van der Waals surface area contributed by atoms with Crippen LogP contribution in [0.2, 0.25) is 0 Å². The first-order valence-electron chi connectivity index (χ1n) is 11.2. The molecule has 0 aliphatic carbocycles. The van der Waals surface area contributed by atoms with E-state index in [1.54, 1.807) is 0 Å². The summed E-state index contributed by atoms with van der Waals surface area (Å²) in [6.07, 6.45) is 5.33. The standard InChI is InChI=1S/C23H33N7O/c1-3-7-26-22-20-5-4-19(15-21(20)27-23(24-2)28-22)30-9-6-18(17-30)16-25-8-10-29-11-13-31-14-12-29/h4-6,9,15,17,25H,3,7-8,10-14,16H2,1-2H3,(H2,24,26,27,28). The molecule has 0 amide bonds. The smallest absolute Gasteiger partial charge is 0.224 e. The van der Waals surface area contributed by atoms with Crippen molar-refractivity contribution in [2.24, 2.45) is 0 Å². The fraction of sp³-hybridized carbons (Fsp3) is 0.478. The second-order valence-corrected chi connectivity index (χ2v) is 7.83. The largest absolute Gasteiger partial charge is 0.379 e. The molecule has 4 rings (SSSR count). The van der Waals surface area contributed by atoms with Crippen LogP contribution in [0, 0.1) is 0 Å². The average molecular weight is 424 g/mol. The predicted octanol–water partition coefficient (Wildman–Crippen LogP) is 2.71. The molecule has 0 spiro atoms. The normalized spacial score (nSPS) is 14.8. The van der Waals surface area contributed by atoms with Gasteiger partial charge >= 0.3 is 0 Å². The van der Waals surface area contributed by atoms with Gasteiger partial charge in [-0.15, -0.1) is 0 Å². The van der Waals surface area contributed by atoms with E-state index in [0.717, 1.165) is 81.3 Å². The minimum Gasteiger partial charge on any atom is -0.379 e. The predicted molar refractivity (Wildman–Crippen MR) is 126 cm³/mol. The highest BCUT2D eigenvalue weighted by Crippen LogP contribution is 2.25. The quantitative estimate of drug-likeness (QED) is 0.433. The average Bonchev–Trinajstić information content (AvgIpc) is 3.29. The summed E-state index contributed by atoms with van der Waals surface area (Å²) in [6.45, 7) is 9.72. The van der Waals surface area contributed by atoms with Gasteiger partial charge in [-0.3, -0.25) is 4.90 Å². The molecule has 0 bridgehead atoms. The van der Waals surface area contributed by atoms with E-state index in [0.29, 0.717) is 5.95 Å². The van der Waals surface area contributed by atoms with Gasteiger partial charge in [-0.25, -0.2) is 4.98 Å². The van der Waals surface area contributed by atoms with E-state index < -0.39 is 0 Å². The lowest BCUT2D eigenvalue weighted by Gasteiger charge is -2.26. The van der Waals surface area contributed by atoms with Crippen LogP contribution in [0.5, 0.6) is 0 Å². The fourth-order valence-electron chi connectivity index (χ4n) is 3.77. The number of ether oxygens (including phenoxy) is 1. The Balaban J connectivity index is 1.42. The number of fused-ring (bicyclic) bond motifs is 1. The SMILES string of the molecule is CCCNc1nc(NC)nc2cc(-n3ccc(CNCCN4CCOCC4)c3)ccc12. The highest BCUT2D eigenvalue weighted by atomic mass is 16.5. The zero-order chi connectivity index (χ0) is 21.5. The first-order chi connectivity index (χ1) is 15.3. The van der Waals surface area contributed by atoms with E-state index in [1.807, 2.05) is 7.05 Å². The van der Waals surface area contributed by atoms with Crippen LogP contribution in [0.4, 0.5) is 11.8 Å². The van der Waals surface area contributed by atoms with Gasteiger partial charge in [0.25, 0.3) is 0 Å². The van der Waals surface area contributed by atoms with Gasteiger partial charge in [-0.05, 0) is 36.2 Å². The molecule has 0 unspecified atom stereocenters. The molecule has 1 aromatic carbocycles. The number of nitrogens with one attached hydrogen (secondary N) is 3. The Hall–Kier alpha value is -2.68. The number of aromatic nitrogens is 3. The number of benzene rings is 1. The monoisotopic (exact) mass is 423 g/mol. The van der Waals surface area contributed by atoms with Gasteiger partial charge in [0.2, 0.25) is 5.95 Å². The maximum absolute atomic E-state index is 5.40. The van der Waals surface area contributed by atoms with Gasteiger partial charge in [0, 0.05) is 69.8 Å². The molecule has 2 aromatic heterocycles. The number of hydrogen-bond acceptors (Lipinski definition) is 7. The van der Waals surface area contributed by atoms with Crippen LogP contribution in [0.1, 0.15) is 18.9 Å². The number of morpholine rings is 1. The van der Waals surface area contributed by atoms with Gasteiger partial charge in [0.15, 0.2) is 0 Å². The topological polar surface area (TPSA) is 79.3 Å². The molecule has 3 aromatic rings. The summed E-state index contributed by atoms with van der Waals surface area (Å²) in [6, 6.07) is 8.50. The third-order valence-electron chi connectivity index (χ3n) is 5.54. The van der Waals surface area contributed by atoms with Crippen LogP contribution >= 0.6 is 0 Å². The van der Waals surface area contributed by atoms with Crippen LogP contribution in [-0.4, -0.2) is 72.4 Å². The van der Waals surface area contributed by atoms with Crippen molar-refractivity contribution >= 4 is 22.7 Å². The lowest BCUT2D eigenvalue weighted by Crippen LogP contribution is -2.40. The summed E-state index contributed by atoms with van der Waals surface area (Å²) in [4.78, 5) is 11.7. The van der Waals surface area contributed by atoms with E-state index in [2.05, 4.69) is 79.0 Å². The van der Waals surface area contributed by atoms with E-state index in [9.17, 15) is 0 Å². The van der Waals surface area contributed by atoms with Gasteiger partial charge in [0.05, 0.1) is 18.7 Å². The first kappa shape index (κ1) is 21.5. The second-order valence-electron chi connectivity index (χ2n) is 7.83. The van der Waals surface area contributed by atoms with Gasteiger partial charge in [0.1, 0.15) is 5.82 Å². The summed E-state index contributed by atoms with van der Waals surface area (Å²) in [5.74, 6) is 1.50. The maximum Gasteiger partial charge on any atom is 0.224 e. The molecule has 1 fully saturated rings. The molecule has 31 heavy (non-hydrogen) atoms. The van der Waals surface area contributed by atoms with Crippen LogP contribution in [0.25, 0.3) is 16.6 Å².